The van der Waals surface area contributed by atoms with Gasteiger partial charge in [-0.1, -0.05) is 133 Å². The first kappa shape index (κ1) is 26.3. The maximum absolute atomic E-state index is 6.64. The monoisotopic (exact) mass is 617 g/mol. The van der Waals surface area contributed by atoms with Gasteiger partial charge in [0.25, 0.3) is 0 Å². The van der Waals surface area contributed by atoms with E-state index in [0.29, 0.717) is 0 Å². The Bertz CT molecular complexity index is 2800. The number of hydrogen-bond acceptors (Lipinski definition) is 3. The molecule has 0 unspecified atom stereocenters. The SMILES string of the molecule is c1ccc2c(-c3ccc(N(c4cccc5c4oc4ccccc45)c4cccc5c4sc4c6ccccc6ccc54)cc3)cccc2c1. The molecule has 2 aromatic heterocycles. The number of furan rings is 1. The van der Waals surface area contributed by atoms with E-state index in [9.17, 15) is 0 Å². The summed E-state index contributed by atoms with van der Waals surface area (Å²) in [5, 5.41) is 9.86. The highest BCUT2D eigenvalue weighted by Crippen LogP contribution is 2.48. The van der Waals surface area contributed by atoms with Crippen molar-refractivity contribution in [1.82, 2.24) is 0 Å². The van der Waals surface area contributed by atoms with Crippen LogP contribution in [-0.2, 0) is 0 Å². The van der Waals surface area contributed by atoms with E-state index in [4.69, 9.17) is 4.42 Å². The summed E-state index contributed by atoms with van der Waals surface area (Å²) in [7, 11) is 0. The minimum atomic E-state index is 0.885. The molecule has 0 amide bonds. The fourth-order valence-electron chi connectivity index (χ4n) is 7.27. The Labute approximate surface area is 275 Å². The zero-order chi connectivity index (χ0) is 30.9. The Morgan fingerprint density at radius 3 is 1.87 bits per heavy atom. The molecule has 0 radical (unpaired) electrons. The summed E-state index contributed by atoms with van der Waals surface area (Å²) >= 11 is 1.88. The van der Waals surface area contributed by atoms with E-state index < -0.39 is 0 Å². The van der Waals surface area contributed by atoms with Gasteiger partial charge in [-0.3, -0.25) is 0 Å². The summed E-state index contributed by atoms with van der Waals surface area (Å²) in [6.45, 7) is 0. The summed E-state index contributed by atoms with van der Waals surface area (Å²) < 4.78 is 9.21. The van der Waals surface area contributed by atoms with Crippen LogP contribution in [-0.4, -0.2) is 0 Å². The number of fused-ring (bicyclic) bond motifs is 9. The van der Waals surface area contributed by atoms with Gasteiger partial charge >= 0.3 is 0 Å². The average Bonchev–Trinajstić information content (AvgIpc) is 3.72. The van der Waals surface area contributed by atoms with Crippen LogP contribution in [0.15, 0.2) is 168 Å². The maximum atomic E-state index is 6.64. The minimum Gasteiger partial charge on any atom is -0.454 e. The molecule has 220 valence electrons. The third kappa shape index (κ3) is 4.04. The summed E-state index contributed by atoms with van der Waals surface area (Å²) in [6.07, 6.45) is 0. The predicted molar refractivity (Wildman–Crippen MR) is 202 cm³/mol. The third-order valence-corrected chi connectivity index (χ3v) is 10.7. The Morgan fingerprint density at radius 2 is 1.02 bits per heavy atom. The average molecular weight is 618 g/mol. The number of rotatable bonds is 4. The van der Waals surface area contributed by atoms with Gasteiger partial charge < -0.3 is 9.32 Å². The van der Waals surface area contributed by atoms with Crippen molar-refractivity contribution in [2.45, 2.75) is 0 Å². The fourth-order valence-corrected chi connectivity index (χ4v) is 8.61. The first-order chi connectivity index (χ1) is 23.3. The van der Waals surface area contributed by atoms with Crippen molar-refractivity contribution in [3.8, 4) is 11.1 Å². The van der Waals surface area contributed by atoms with Gasteiger partial charge in [-0.2, -0.15) is 0 Å². The van der Waals surface area contributed by atoms with Crippen molar-refractivity contribution < 1.29 is 4.42 Å². The molecule has 0 bridgehead atoms. The smallest absolute Gasteiger partial charge is 0.159 e. The topological polar surface area (TPSA) is 16.4 Å². The van der Waals surface area contributed by atoms with Crippen molar-refractivity contribution in [2.24, 2.45) is 0 Å². The lowest BCUT2D eigenvalue weighted by atomic mass is 9.98. The molecule has 0 atom stereocenters. The van der Waals surface area contributed by atoms with Crippen LogP contribution < -0.4 is 4.90 Å². The molecular formula is C44H27NOS. The molecule has 0 fully saturated rings. The summed E-state index contributed by atoms with van der Waals surface area (Å²) in [6, 6.07) is 58.9. The highest BCUT2D eigenvalue weighted by molar-refractivity contribution is 7.27. The minimum absolute atomic E-state index is 0.885. The van der Waals surface area contributed by atoms with Gasteiger partial charge in [-0.05, 0) is 63.0 Å². The molecule has 47 heavy (non-hydrogen) atoms. The zero-order valence-electron chi connectivity index (χ0n) is 25.4. The molecule has 0 saturated heterocycles. The largest absolute Gasteiger partial charge is 0.454 e. The van der Waals surface area contributed by atoms with E-state index in [1.54, 1.807) is 0 Å². The van der Waals surface area contributed by atoms with Gasteiger partial charge in [0, 0.05) is 31.9 Å². The van der Waals surface area contributed by atoms with E-state index >= 15 is 0 Å². The number of anilines is 3. The molecule has 0 saturated carbocycles. The first-order valence-corrected chi connectivity index (χ1v) is 16.7. The highest BCUT2D eigenvalue weighted by Gasteiger charge is 2.22. The van der Waals surface area contributed by atoms with Gasteiger partial charge in [-0.15, -0.1) is 11.3 Å². The number of para-hydroxylation sites is 2. The second-order valence-corrected chi connectivity index (χ2v) is 13.1. The van der Waals surface area contributed by atoms with E-state index in [-0.39, 0.29) is 0 Å². The molecule has 0 aliphatic carbocycles. The van der Waals surface area contributed by atoms with Crippen LogP contribution in [0.1, 0.15) is 0 Å². The Kier molecular flexibility index (Phi) is 5.78. The number of nitrogens with zero attached hydrogens (tertiary/aromatic N) is 1. The zero-order valence-corrected chi connectivity index (χ0v) is 26.2. The number of hydrogen-bond donors (Lipinski definition) is 0. The van der Waals surface area contributed by atoms with Crippen LogP contribution in [0.3, 0.4) is 0 Å². The quantitative estimate of drug-likeness (QED) is 0.195. The molecule has 10 rings (SSSR count). The van der Waals surface area contributed by atoms with Crippen molar-refractivity contribution in [2.75, 3.05) is 4.90 Å². The van der Waals surface area contributed by atoms with Gasteiger partial charge in [0.1, 0.15) is 5.58 Å². The van der Waals surface area contributed by atoms with E-state index in [1.165, 1.54) is 52.8 Å². The van der Waals surface area contributed by atoms with E-state index in [2.05, 4.69) is 163 Å². The predicted octanol–water partition coefficient (Wildman–Crippen LogP) is 13.4. The summed E-state index contributed by atoms with van der Waals surface area (Å²) in [5.41, 5.74) is 7.45. The molecule has 2 heterocycles. The molecule has 8 aromatic carbocycles. The van der Waals surface area contributed by atoms with Crippen LogP contribution in [0.2, 0.25) is 0 Å². The Morgan fingerprint density at radius 1 is 0.404 bits per heavy atom. The molecule has 0 aliphatic heterocycles. The standard InChI is InChI=1S/C44H27NOS/c1-3-13-32-28(10-1)12-7-16-33(32)30-22-25-31(26-23-30)45(39-19-8-17-36-35-15-5-6-21-41(35)46-42(36)39)40-20-9-18-37-38-27-24-29-11-2-4-14-34(29)43(38)47-44(37)40/h1-27H. The third-order valence-electron chi connectivity index (χ3n) is 9.46. The van der Waals surface area contributed by atoms with Crippen LogP contribution in [0, 0.1) is 0 Å². The Hall–Kier alpha value is -5.90. The normalized spacial score (nSPS) is 11.8. The van der Waals surface area contributed by atoms with Gasteiger partial charge in [0.05, 0.1) is 16.1 Å². The van der Waals surface area contributed by atoms with Gasteiger partial charge in [0.15, 0.2) is 5.58 Å². The number of thiophene rings is 1. The maximum Gasteiger partial charge on any atom is 0.159 e. The van der Waals surface area contributed by atoms with Crippen molar-refractivity contribution in [3.63, 3.8) is 0 Å². The fraction of sp³-hybridized carbons (Fsp3) is 0. The summed E-state index contributed by atoms with van der Waals surface area (Å²) in [5.74, 6) is 0. The van der Waals surface area contributed by atoms with Crippen molar-refractivity contribution in [3.05, 3.63) is 164 Å². The first-order valence-electron chi connectivity index (χ1n) is 15.9. The second kappa shape index (κ2) is 10.3. The lowest BCUT2D eigenvalue weighted by Crippen LogP contribution is -2.10. The summed E-state index contributed by atoms with van der Waals surface area (Å²) in [4.78, 5) is 2.39. The molecule has 3 heteroatoms. The lowest BCUT2D eigenvalue weighted by molar-refractivity contribution is 0.669. The molecule has 0 N–H and O–H groups in total. The number of benzene rings is 8. The second-order valence-electron chi connectivity index (χ2n) is 12.1. The van der Waals surface area contributed by atoms with E-state index in [0.717, 1.165) is 39.0 Å². The molecular weight excluding hydrogens is 591 g/mol. The van der Waals surface area contributed by atoms with Crippen LogP contribution >= 0.6 is 11.3 Å². The van der Waals surface area contributed by atoms with Crippen LogP contribution in [0.5, 0.6) is 0 Å². The van der Waals surface area contributed by atoms with Crippen molar-refractivity contribution >= 4 is 92.1 Å². The van der Waals surface area contributed by atoms with Crippen LogP contribution in [0.4, 0.5) is 17.1 Å². The van der Waals surface area contributed by atoms with Crippen LogP contribution in [0.25, 0.3) is 74.8 Å². The lowest BCUT2D eigenvalue weighted by Gasteiger charge is -2.26. The highest BCUT2D eigenvalue weighted by atomic mass is 32.1. The van der Waals surface area contributed by atoms with Gasteiger partial charge in [0.2, 0.25) is 0 Å². The van der Waals surface area contributed by atoms with E-state index in [1.807, 2.05) is 17.4 Å². The molecule has 10 aromatic rings. The van der Waals surface area contributed by atoms with Crippen molar-refractivity contribution in [1.29, 1.82) is 0 Å². The Balaban J connectivity index is 1.23. The molecule has 0 aliphatic rings. The molecule has 2 nitrogen and oxygen atoms in total. The molecule has 0 spiro atoms. The van der Waals surface area contributed by atoms with Gasteiger partial charge in [-0.25, -0.2) is 0 Å².